The van der Waals surface area contributed by atoms with Gasteiger partial charge in [-0.3, -0.25) is 0 Å². The molecule has 4 nitrogen and oxygen atoms in total. The zero-order valence-electron chi connectivity index (χ0n) is 17.7. The third kappa shape index (κ3) is 35.1. The Labute approximate surface area is 165 Å². The standard InChI is InChI=1S/2C8H21N2Si.Mg/c2*1-10(2)8-6-7-9-11(3,4)5;/h2*6-8H2,1-5H3;/q2*-1;+2. The van der Waals surface area contributed by atoms with Gasteiger partial charge in [0.15, 0.2) is 0 Å². The minimum Gasteiger partial charge on any atom is -0.665 e. The molecule has 0 saturated heterocycles. The summed E-state index contributed by atoms with van der Waals surface area (Å²) in [5, 5.41) is 0. The van der Waals surface area contributed by atoms with Crippen LogP contribution in [0.5, 0.6) is 0 Å². The molecule has 0 saturated carbocycles. The molecule has 7 heteroatoms. The van der Waals surface area contributed by atoms with Gasteiger partial charge in [-0.05, 0) is 41.3 Å². The van der Waals surface area contributed by atoms with E-state index in [9.17, 15) is 0 Å². The van der Waals surface area contributed by atoms with E-state index < -0.39 is 16.5 Å². The smallest absolute Gasteiger partial charge is 0.665 e. The average molecular weight is 371 g/mol. The van der Waals surface area contributed by atoms with Crippen LogP contribution in [0.25, 0.3) is 9.96 Å². The van der Waals surface area contributed by atoms with Gasteiger partial charge >= 0.3 is 23.1 Å². The van der Waals surface area contributed by atoms with Crippen LogP contribution in [0.15, 0.2) is 0 Å². The Kier molecular flexibility index (Phi) is 19.2. The molecule has 0 spiro atoms. The molecule has 0 heterocycles. The second-order valence-electron chi connectivity index (χ2n) is 8.42. The fourth-order valence-electron chi connectivity index (χ4n) is 1.60. The zero-order valence-corrected chi connectivity index (χ0v) is 21.2. The topological polar surface area (TPSA) is 34.7 Å². The average Bonchev–Trinajstić information content (AvgIpc) is 2.28. The molecular weight excluding hydrogens is 329 g/mol. The van der Waals surface area contributed by atoms with Gasteiger partial charge in [-0.2, -0.15) is 0 Å². The Balaban J connectivity index is -0.000000333. The molecule has 0 aromatic rings. The second kappa shape index (κ2) is 15.3. The molecule has 0 radical (unpaired) electrons. The molecule has 0 amide bonds. The van der Waals surface area contributed by atoms with E-state index in [1.807, 2.05) is 0 Å². The molecular formula is C16H42MgN4Si2. The van der Waals surface area contributed by atoms with Crippen molar-refractivity contribution < 1.29 is 0 Å². The van der Waals surface area contributed by atoms with Crippen molar-refractivity contribution in [1.29, 1.82) is 0 Å². The molecule has 0 aromatic heterocycles. The van der Waals surface area contributed by atoms with Gasteiger partial charge in [0.05, 0.1) is 0 Å². The molecule has 0 aromatic carbocycles. The van der Waals surface area contributed by atoms with Gasteiger partial charge < -0.3 is 19.8 Å². The van der Waals surface area contributed by atoms with Crippen molar-refractivity contribution in [2.45, 2.75) is 52.1 Å². The number of nitrogens with zero attached hydrogens (tertiary/aromatic N) is 4. The fraction of sp³-hybridized carbons (Fsp3) is 1.00. The van der Waals surface area contributed by atoms with E-state index in [0.29, 0.717) is 0 Å². The summed E-state index contributed by atoms with van der Waals surface area (Å²) in [7, 11) is 6.18. The minimum atomic E-state index is -1.12. The van der Waals surface area contributed by atoms with Crippen LogP contribution in [0.2, 0.25) is 39.3 Å². The van der Waals surface area contributed by atoms with Crippen molar-refractivity contribution in [3.8, 4) is 0 Å². The third-order valence-electron chi connectivity index (χ3n) is 2.70. The summed E-state index contributed by atoms with van der Waals surface area (Å²) in [5.41, 5.74) is 0. The van der Waals surface area contributed by atoms with E-state index in [0.717, 1.165) is 26.2 Å². The molecule has 0 fully saturated rings. The maximum absolute atomic E-state index is 4.64. The summed E-state index contributed by atoms with van der Waals surface area (Å²) in [4.78, 5) is 13.7. The molecule has 0 aliphatic carbocycles. The fourth-order valence-corrected chi connectivity index (χ4v) is 3.26. The first-order chi connectivity index (χ1) is 9.83. The van der Waals surface area contributed by atoms with Crippen molar-refractivity contribution in [3.63, 3.8) is 0 Å². The molecule has 0 N–H and O–H groups in total. The molecule has 0 atom stereocenters. The van der Waals surface area contributed by atoms with Crippen LogP contribution >= 0.6 is 0 Å². The predicted molar refractivity (Wildman–Crippen MR) is 115 cm³/mol. The Morgan fingerprint density at radius 2 is 0.870 bits per heavy atom. The van der Waals surface area contributed by atoms with Crippen LogP contribution in [0.3, 0.4) is 0 Å². The third-order valence-corrected chi connectivity index (χ3v) is 5.04. The molecule has 0 rings (SSSR count). The summed E-state index contributed by atoms with van der Waals surface area (Å²) in [6.45, 7) is 18.1. The van der Waals surface area contributed by atoms with E-state index in [4.69, 9.17) is 0 Å². The first-order valence-electron chi connectivity index (χ1n) is 8.50. The van der Waals surface area contributed by atoms with Crippen molar-refractivity contribution in [1.82, 2.24) is 9.80 Å². The first kappa shape index (κ1) is 28.8. The van der Waals surface area contributed by atoms with Crippen LogP contribution in [0, 0.1) is 0 Å². The summed E-state index contributed by atoms with van der Waals surface area (Å²) in [6, 6.07) is 0. The van der Waals surface area contributed by atoms with Crippen molar-refractivity contribution in [3.05, 3.63) is 9.96 Å². The minimum absolute atomic E-state index is 0. The number of rotatable bonds is 10. The van der Waals surface area contributed by atoms with Crippen molar-refractivity contribution >= 4 is 39.5 Å². The van der Waals surface area contributed by atoms with Crippen LogP contribution < -0.4 is 0 Å². The molecule has 0 aliphatic heterocycles. The molecule has 0 bridgehead atoms. The van der Waals surface area contributed by atoms with E-state index >= 15 is 0 Å². The normalized spacial score (nSPS) is 12.0. The number of hydrogen-bond donors (Lipinski definition) is 0. The van der Waals surface area contributed by atoms with E-state index in [1.165, 1.54) is 12.8 Å². The monoisotopic (exact) mass is 370 g/mol. The van der Waals surface area contributed by atoms with Crippen molar-refractivity contribution in [2.24, 2.45) is 0 Å². The summed E-state index contributed by atoms with van der Waals surface area (Å²) in [6.07, 6.45) is 2.41. The Hall–Kier alpha value is 1.04. The molecule has 136 valence electrons. The first-order valence-corrected chi connectivity index (χ1v) is 15.4. The van der Waals surface area contributed by atoms with E-state index in [2.05, 4.69) is 87.2 Å². The Morgan fingerprint density at radius 3 is 1.04 bits per heavy atom. The number of hydrogen-bond acceptors (Lipinski definition) is 2. The van der Waals surface area contributed by atoms with Gasteiger partial charge in [-0.15, -0.1) is 13.1 Å². The molecule has 0 aliphatic rings. The molecule has 23 heavy (non-hydrogen) atoms. The van der Waals surface area contributed by atoms with Gasteiger partial charge in [0.2, 0.25) is 0 Å². The maximum atomic E-state index is 4.64. The maximum Gasteiger partial charge on any atom is 2.00 e. The summed E-state index contributed by atoms with van der Waals surface area (Å²) >= 11 is 0. The predicted octanol–water partition coefficient (Wildman–Crippen LogP) is 3.91. The summed E-state index contributed by atoms with van der Waals surface area (Å²) < 4.78 is 0. The van der Waals surface area contributed by atoms with Gasteiger partial charge in [-0.25, -0.2) is 0 Å². The zero-order chi connectivity index (χ0) is 17.8. The Bertz CT molecular complexity index is 225. The Morgan fingerprint density at radius 1 is 0.609 bits per heavy atom. The van der Waals surface area contributed by atoms with E-state index in [-0.39, 0.29) is 23.1 Å². The van der Waals surface area contributed by atoms with E-state index in [1.54, 1.807) is 0 Å². The van der Waals surface area contributed by atoms with Crippen LogP contribution in [-0.2, 0) is 0 Å². The van der Waals surface area contributed by atoms with Gasteiger partial charge in [-0.1, -0.05) is 68.6 Å². The van der Waals surface area contributed by atoms with Crippen molar-refractivity contribution in [2.75, 3.05) is 54.4 Å². The van der Waals surface area contributed by atoms with Gasteiger partial charge in [0, 0.05) is 0 Å². The second-order valence-corrected chi connectivity index (χ2v) is 17.7. The summed E-state index contributed by atoms with van der Waals surface area (Å²) in [5.74, 6) is 0. The largest absolute Gasteiger partial charge is 2.00 e. The van der Waals surface area contributed by atoms with Gasteiger partial charge in [0.1, 0.15) is 0 Å². The van der Waals surface area contributed by atoms with Crippen LogP contribution in [-0.4, -0.2) is 104 Å². The SMILES string of the molecule is CN(C)CCC[N-][Si](C)(C)C.CN(C)CCC[N-][Si](C)(C)C.[Mg+2]. The van der Waals surface area contributed by atoms with Crippen LogP contribution in [0.1, 0.15) is 12.8 Å². The quantitative estimate of drug-likeness (QED) is 0.431. The molecule has 0 unspecified atom stereocenters. The van der Waals surface area contributed by atoms with Gasteiger partial charge in [0.25, 0.3) is 0 Å². The van der Waals surface area contributed by atoms with Crippen LogP contribution in [0.4, 0.5) is 0 Å².